The molecule has 39 heavy (non-hydrogen) atoms. The molecule has 3 aromatic carbocycles. The molecule has 3 aromatic rings. The molecular formula is C28H24F2N2O6S. The van der Waals surface area contributed by atoms with Gasteiger partial charge in [-0.25, -0.2) is 8.78 Å². The van der Waals surface area contributed by atoms with E-state index in [4.69, 9.17) is 4.74 Å². The van der Waals surface area contributed by atoms with Crippen LogP contribution in [0.15, 0.2) is 77.7 Å². The SMILES string of the molecule is O=C(CC[C@H](N[C@@H]1C(=O)Nc2ccccc2S[C@@H]1c1ccccc1)C(=O)O)OC(=O)Cc1cc(F)cc(F)c1. The highest BCUT2D eigenvalue weighted by Gasteiger charge is 2.37. The van der Waals surface area contributed by atoms with Crippen LogP contribution in [0, 0.1) is 11.6 Å². The number of amides is 1. The Morgan fingerprint density at radius 3 is 2.33 bits per heavy atom. The van der Waals surface area contributed by atoms with Gasteiger partial charge in [0.05, 0.1) is 17.4 Å². The summed E-state index contributed by atoms with van der Waals surface area (Å²) in [6, 6.07) is 16.6. The van der Waals surface area contributed by atoms with E-state index in [1.165, 1.54) is 11.8 Å². The first-order chi connectivity index (χ1) is 18.7. The number of benzene rings is 3. The monoisotopic (exact) mass is 554 g/mol. The summed E-state index contributed by atoms with van der Waals surface area (Å²) < 4.78 is 31.4. The van der Waals surface area contributed by atoms with Crippen LogP contribution in [0.25, 0.3) is 0 Å². The van der Waals surface area contributed by atoms with E-state index < -0.39 is 65.6 Å². The highest BCUT2D eigenvalue weighted by molar-refractivity contribution is 7.99. The summed E-state index contributed by atoms with van der Waals surface area (Å²) in [6.07, 6.45) is -1.27. The quantitative estimate of drug-likeness (QED) is 0.265. The van der Waals surface area contributed by atoms with Crippen LogP contribution in [-0.4, -0.2) is 41.0 Å². The number of carbonyl (C=O) groups excluding carboxylic acids is 3. The fourth-order valence-electron chi connectivity index (χ4n) is 4.14. The van der Waals surface area contributed by atoms with Gasteiger partial charge in [0.2, 0.25) is 5.91 Å². The number of carbonyl (C=O) groups is 4. The lowest BCUT2D eigenvalue weighted by Crippen LogP contribution is -2.51. The highest BCUT2D eigenvalue weighted by Crippen LogP contribution is 2.43. The summed E-state index contributed by atoms with van der Waals surface area (Å²) in [5.41, 5.74) is 1.39. The molecule has 0 aromatic heterocycles. The Morgan fingerprint density at radius 2 is 1.64 bits per heavy atom. The molecule has 0 aliphatic carbocycles. The predicted octanol–water partition coefficient (Wildman–Crippen LogP) is 4.25. The molecule has 1 aliphatic rings. The number of para-hydroxylation sites is 1. The predicted molar refractivity (Wildman–Crippen MR) is 139 cm³/mol. The number of hydrogen-bond donors (Lipinski definition) is 3. The number of nitrogens with one attached hydrogen (secondary N) is 2. The smallest absolute Gasteiger partial charge is 0.320 e. The minimum atomic E-state index is -1.33. The van der Waals surface area contributed by atoms with Gasteiger partial charge in [-0.1, -0.05) is 42.5 Å². The Hall–Kier alpha value is -4.09. The van der Waals surface area contributed by atoms with Gasteiger partial charge in [0, 0.05) is 17.4 Å². The van der Waals surface area contributed by atoms with Crippen molar-refractivity contribution in [3.63, 3.8) is 0 Å². The summed E-state index contributed by atoms with van der Waals surface area (Å²) in [7, 11) is 0. The second kappa shape index (κ2) is 12.6. The third-order valence-electron chi connectivity index (χ3n) is 5.93. The lowest BCUT2D eigenvalue weighted by atomic mass is 10.0. The third-order valence-corrected chi connectivity index (χ3v) is 7.33. The van der Waals surface area contributed by atoms with Crippen molar-refractivity contribution in [1.82, 2.24) is 5.32 Å². The zero-order chi connectivity index (χ0) is 27.9. The van der Waals surface area contributed by atoms with E-state index in [0.29, 0.717) is 11.8 Å². The summed E-state index contributed by atoms with van der Waals surface area (Å²) >= 11 is 1.40. The Kier molecular flexibility index (Phi) is 9.05. The summed E-state index contributed by atoms with van der Waals surface area (Å²) in [4.78, 5) is 50.5. The number of ether oxygens (including phenoxy) is 1. The van der Waals surface area contributed by atoms with Gasteiger partial charge in [-0.2, -0.15) is 0 Å². The normalized spacial score (nSPS) is 17.3. The zero-order valence-electron chi connectivity index (χ0n) is 20.4. The number of thioether (sulfide) groups is 1. The molecule has 11 heteroatoms. The van der Waals surface area contributed by atoms with Crippen LogP contribution < -0.4 is 10.6 Å². The molecule has 0 spiro atoms. The summed E-state index contributed by atoms with van der Waals surface area (Å²) in [5.74, 6) is -5.53. The number of esters is 2. The zero-order valence-corrected chi connectivity index (χ0v) is 21.3. The van der Waals surface area contributed by atoms with Crippen molar-refractivity contribution >= 4 is 41.3 Å². The van der Waals surface area contributed by atoms with E-state index in [-0.39, 0.29) is 12.0 Å². The first kappa shape index (κ1) is 27.9. The first-order valence-corrected chi connectivity index (χ1v) is 12.9. The highest BCUT2D eigenvalue weighted by atomic mass is 32.2. The molecular weight excluding hydrogens is 530 g/mol. The lowest BCUT2D eigenvalue weighted by Gasteiger charge is -2.27. The fraction of sp³-hybridized carbons (Fsp3) is 0.214. The van der Waals surface area contributed by atoms with Gasteiger partial charge >= 0.3 is 17.9 Å². The molecule has 1 amide bonds. The number of aliphatic carboxylic acids is 1. The molecule has 0 unspecified atom stereocenters. The van der Waals surface area contributed by atoms with Gasteiger partial charge in [-0.3, -0.25) is 24.5 Å². The van der Waals surface area contributed by atoms with Gasteiger partial charge in [-0.05, 0) is 41.8 Å². The molecule has 0 saturated heterocycles. The molecule has 1 aliphatic heterocycles. The van der Waals surface area contributed by atoms with Gasteiger partial charge in [0.1, 0.15) is 23.7 Å². The number of halogens is 2. The van der Waals surface area contributed by atoms with E-state index in [2.05, 4.69) is 10.6 Å². The van der Waals surface area contributed by atoms with Crippen LogP contribution in [0.2, 0.25) is 0 Å². The Bertz CT molecular complexity index is 1370. The van der Waals surface area contributed by atoms with Crippen LogP contribution in [0.3, 0.4) is 0 Å². The van der Waals surface area contributed by atoms with Gasteiger partial charge in [0.25, 0.3) is 0 Å². The van der Waals surface area contributed by atoms with Crippen LogP contribution in [-0.2, 0) is 30.3 Å². The molecule has 0 saturated carbocycles. The van der Waals surface area contributed by atoms with Crippen molar-refractivity contribution in [2.45, 2.75) is 41.5 Å². The third kappa shape index (κ3) is 7.49. The molecule has 4 rings (SSSR count). The average molecular weight is 555 g/mol. The van der Waals surface area contributed by atoms with Crippen molar-refractivity contribution in [3.05, 3.63) is 95.6 Å². The van der Waals surface area contributed by atoms with Crippen molar-refractivity contribution < 1.29 is 37.8 Å². The minimum Gasteiger partial charge on any atom is -0.480 e. The number of carboxylic acid groups (broad SMARTS) is 1. The Morgan fingerprint density at radius 1 is 0.974 bits per heavy atom. The standard InChI is InChI=1S/C28H24F2N2O6S/c29-18-12-16(13-19(30)15-18)14-24(34)38-23(33)11-10-21(28(36)37)31-25-26(17-6-2-1-3-7-17)39-22-9-5-4-8-20(22)32-27(25)35/h1-9,12-13,15,21,25-26,31H,10-11,14H2,(H,32,35)(H,36,37)/t21-,25-,26+/m0/s1. The molecule has 8 nitrogen and oxygen atoms in total. The van der Waals surface area contributed by atoms with Crippen LogP contribution >= 0.6 is 11.8 Å². The van der Waals surface area contributed by atoms with Crippen molar-refractivity contribution in [2.24, 2.45) is 0 Å². The van der Waals surface area contributed by atoms with Crippen molar-refractivity contribution in [1.29, 1.82) is 0 Å². The lowest BCUT2D eigenvalue weighted by molar-refractivity contribution is -0.159. The number of hydrogen-bond acceptors (Lipinski definition) is 7. The maximum atomic E-state index is 13.3. The maximum Gasteiger partial charge on any atom is 0.320 e. The number of fused-ring (bicyclic) bond motifs is 1. The Labute approximate surface area is 226 Å². The molecule has 3 N–H and O–H groups in total. The first-order valence-electron chi connectivity index (χ1n) is 12.0. The second-order valence-electron chi connectivity index (χ2n) is 8.81. The summed E-state index contributed by atoms with van der Waals surface area (Å²) in [5, 5.41) is 15.1. The average Bonchev–Trinajstić information content (AvgIpc) is 3.01. The largest absolute Gasteiger partial charge is 0.480 e. The van der Waals surface area contributed by atoms with Crippen LogP contribution in [0.1, 0.15) is 29.2 Å². The second-order valence-corrected chi connectivity index (χ2v) is 9.99. The summed E-state index contributed by atoms with van der Waals surface area (Å²) in [6.45, 7) is 0. The van der Waals surface area contributed by atoms with Gasteiger partial charge < -0.3 is 15.2 Å². The van der Waals surface area contributed by atoms with E-state index >= 15 is 0 Å². The Balaban J connectivity index is 1.43. The van der Waals surface area contributed by atoms with E-state index in [0.717, 1.165) is 22.6 Å². The number of rotatable bonds is 9. The molecule has 0 bridgehead atoms. The molecule has 0 radical (unpaired) electrons. The van der Waals surface area contributed by atoms with E-state index in [9.17, 15) is 33.1 Å². The molecule has 3 atom stereocenters. The van der Waals surface area contributed by atoms with Crippen LogP contribution in [0.4, 0.5) is 14.5 Å². The molecule has 0 fully saturated rings. The van der Waals surface area contributed by atoms with Crippen molar-refractivity contribution in [2.75, 3.05) is 5.32 Å². The van der Waals surface area contributed by atoms with Crippen LogP contribution in [0.5, 0.6) is 0 Å². The maximum absolute atomic E-state index is 13.3. The molecule has 1 heterocycles. The van der Waals surface area contributed by atoms with Gasteiger partial charge in [0.15, 0.2) is 0 Å². The van der Waals surface area contributed by atoms with E-state index in [1.807, 2.05) is 42.5 Å². The fourth-order valence-corrected chi connectivity index (χ4v) is 5.45. The van der Waals surface area contributed by atoms with E-state index in [1.54, 1.807) is 12.1 Å². The molecule has 202 valence electrons. The topological polar surface area (TPSA) is 122 Å². The minimum absolute atomic E-state index is 0.0137. The number of anilines is 1. The van der Waals surface area contributed by atoms with Gasteiger partial charge in [-0.15, -0.1) is 11.8 Å². The number of carboxylic acids is 1. The van der Waals surface area contributed by atoms with Crippen molar-refractivity contribution in [3.8, 4) is 0 Å².